The lowest BCUT2D eigenvalue weighted by atomic mass is 9.99. The van der Waals surface area contributed by atoms with Crippen molar-refractivity contribution in [1.29, 1.82) is 0 Å². The maximum atomic E-state index is 4.76. The first-order valence-electron chi connectivity index (χ1n) is 6.13. The summed E-state index contributed by atoms with van der Waals surface area (Å²) in [5.74, 6) is 0.809. The first kappa shape index (κ1) is 10.2. The maximum absolute atomic E-state index is 4.76. The Morgan fingerprint density at radius 2 is 2.31 bits per heavy atom. The van der Waals surface area contributed by atoms with Gasteiger partial charge in [-0.15, -0.1) is 0 Å². The van der Waals surface area contributed by atoms with Gasteiger partial charge in [-0.1, -0.05) is 11.6 Å². The molecule has 0 spiro atoms. The Bertz CT molecular complexity index is 327. The van der Waals surface area contributed by atoms with E-state index >= 15 is 0 Å². The van der Waals surface area contributed by atoms with Gasteiger partial charge in [0.15, 0.2) is 5.82 Å². The Hall–Kier alpha value is -0.940. The van der Waals surface area contributed by atoms with Crippen molar-refractivity contribution in [2.24, 2.45) is 0 Å². The molecule has 2 saturated heterocycles. The maximum Gasteiger partial charge on any atom is 0.213 e. The Morgan fingerprint density at radius 3 is 3.19 bits per heavy atom. The summed E-state index contributed by atoms with van der Waals surface area (Å²) in [6, 6.07) is 0.759. The summed E-state index contributed by atoms with van der Waals surface area (Å²) in [6.45, 7) is 5.61. The van der Waals surface area contributed by atoms with Crippen LogP contribution in [0.25, 0.3) is 0 Å². The third kappa shape index (κ3) is 2.10. The molecule has 5 heteroatoms. The summed E-state index contributed by atoms with van der Waals surface area (Å²) < 4.78 is 4.76. The Balaban J connectivity index is 1.58. The standard InChI is InChI=1S/C11H18N4O/c1-2-4-15-6-5-14(7-10(15)3-1)8-11-12-9-16-13-11/h9-10H,1-8H2. The molecule has 2 fully saturated rings. The van der Waals surface area contributed by atoms with Gasteiger partial charge in [0.05, 0.1) is 6.54 Å². The van der Waals surface area contributed by atoms with Crippen molar-refractivity contribution < 1.29 is 4.52 Å². The summed E-state index contributed by atoms with van der Waals surface area (Å²) in [5.41, 5.74) is 0. The Kier molecular flexibility index (Phi) is 2.88. The summed E-state index contributed by atoms with van der Waals surface area (Å²) in [4.78, 5) is 9.16. The third-order valence-corrected chi connectivity index (χ3v) is 3.69. The molecule has 0 saturated carbocycles. The predicted octanol–water partition coefficient (Wildman–Crippen LogP) is 0.740. The zero-order chi connectivity index (χ0) is 10.8. The van der Waals surface area contributed by atoms with Gasteiger partial charge >= 0.3 is 0 Å². The van der Waals surface area contributed by atoms with Gasteiger partial charge in [0.25, 0.3) is 0 Å². The highest BCUT2D eigenvalue weighted by molar-refractivity contribution is 4.87. The molecule has 5 nitrogen and oxygen atoms in total. The summed E-state index contributed by atoms with van der Waals surface area (Å²) in [6.07, 6.45) is 5.52. The van der Waals surface area contributed by atoms with Gasteiger partial charge in [-0.05, 0) is 19.4 Å². The van der Waals surface area contributed by atoms with Crippen molar-refractivity contribution in [2.45, 2.75) is 31.8 Å². The first-order chi connectivity index (χ1) is 7.92. The second-order valence-corrected chi connectivity index (χ2v) is 4.77. The number of rotatable bonds is 2. The lowest BCUT2D eigenvalue weighted by Gasteiger charge is -2.43. The Morgan fingerprint density at radius 1 is 1.31 bits per heavy atom. The van der Waals surface area contributed by atoms with Crippen LogP contribution in [0.5, 0.6) is 0 Å². The van der Waals surface area contributed by atoms with Crippen LogP contribution >= 0.6 is 0 Å². The highest BCUT2D eigenvalue weighted by Crippen LogP contribution is 2.21. The zero-order valence-corrected chi connectivity index (χ0v) is 9.51. The van der Waals surface area contributed by atoms with Crippen molar-refractivity contribution in [1.82, 2.24) is 19.9 Å². The van der Waals surface area contributed by atoms with E-state index in [1.807, 2.05) is 0 Å². The predicted molar refractivity (Wildman–Crippen MR) is 58.8 cm³/mol. The average molecular weight is 222 g/mol. The summed E-state index contributed by atoms with van der Waals surface area (Å²) >= 11 is 0. The monoisotopic (exact) mass is 222 g/mol. The molecule has 3 rings (SSSR count). The van der Waals surface area contributed by atoms with Gasteiger partial charge in [0, 0.05) is 25.7 Å². The molecule has 1 aromatic rings. The van der Waals surface area contributed by atoms with Crippen LogP contribution in [0.2, 0.25) is 0 Å². The van der Waals surface area contributed by atoms with Crippen LogP contribution < -0.4 is 0 Å². The molecule has 0 aromatic carbocycles. The molecule has 1 aromatic heterocycles. The number of piperazine rings is 1. The third-order valence-electron chi connectivity index (χ3n) is 3.69. The molecule has 0 amide bonds. The van der Waals surface area contributed by atoms with Gasteiger partial charge in [0.2, 0.25) is 6.39 Å². The molecule has 2 aliphatic heterocycles. The van der Waals surface area contributed by atoms with Crippen LogP contribution in [0.3, 0.4) is 0 Å². The molecule has 2 aliphatic rings. The van der Waals surface area contributed by atoms with E-state index in [4.69, 9.17) is 4.52 Å². The molecule has 0 radical (unpaired) electrons. The number of aromatic nitrogens is 2. The van der Waals surface area contributed by atoms with E-state index in [9.17, 15) is 0 Å². The van der Waals surface area contributed by atoms with Gasteiger partial charge in [-0.2, -0.15) is 4.98 Å². The minimum atomic E-state index is 0.759. The quantitative estimate of drug-likeness (QED) is 0.738. The van der Waals surface area contributed by atoms with E-state index in [-0.39, 0.29) is 0 Å². The van der Waals surface area contributed by atoms with E-state index in [1.165, 1.54) is 38.7 Å². The average Bonchev–Trinajstić information content (AvgIpc) is 2.82. The molecule has 3 heterocycles. The number of hydrogen-bond acceptors (Lipinski definition) is 5. The van der Waals surface area contributed by atoms with Gasteiger partial charge in [0.1, 0.15) is 0 Å². The first-order valence-corrected chi connectivity index (χ1v) is 6.13. The SMILES string of the molecule is c1nc(CN2CCN3CCCCC3C2)no1. The molecule has 0 bridgehead atoms. The molecular formula is C11H18N4O. The normalized spacial score (nSPS) is 27.9. The Labute approximate surface area is 95.4 Å². The van der Waals surface area contributed by atoms with Crippen LogP contribution in [0.1, 0.15) is 25.1 Å². The van der Waals surface area contributed by atoms with E-state index in [0.717, 1.165) is 31.5 Å². The molecule has 0 N–H and O–H groups in total. The zero-order valence-electron chi connectivity index (χ0n) is 9.51. The van der Waals surface area contributed by atoms with Crippen LogP contribution in [-0.4, -0.2) is 52.2 Å². The number of piperidine rings is 1. The van der Waals surface area contributed by atoms with E-state index < -0.39 is 0 Å². The molecular weight excluding hydrogens is 204 g/mol. The van der Waals surface area contributed by atoms with E-state index in [0.29, 0.717) is 0 Å². The largest absolute Gasteiger partial charge is 0.343 e. The fourth-order valence-corrected chi connectivity index (χ4v) is 2.83. The number of nitrogens with zero attached hydrogens (tertiary/aromatic N) is 4. The van der Waals surface area contributed by atoms with Crippen molar-refractivity contribution in [3.05, 3.63) is 12.2 Å². The lowest BCUT2D eigenvalue weighted by Crippen LogP contribution is -2.54. The van der Waals surface area contributed by atoms with Crippen LogP contribution in [0.15, 0.2) is 10.9 Å². The van der Waals surface area contributed by atoms with Gasteiger partial charge < -0.3 is 4.52 Å². The number of hydrogen-bond donors (Lipinski definition) is 0. The molecule has 16 heavy (non-hydrogen) atoms. The minimum Gasteiger partial charge on any atom is -0.343 e. The van der Waals surface area contributed by atoms with Gasteiger partial charge in [-0.25, -0.2) is 0 Å². The lowest BCUT2D eigenvalue weighted by molar-refractivity contribution is 0.0441. The molecule has 88 valence electrons. The smallest absolute Gasteiger partial charge is 0.213 e. The van der Waals surface area contributed by atoms with Crippen molar-refractivity contribution in [3.8, 4) is 0 Å². The van der Waals surface area contributed by atoms with Crippen LogP contribution in [0.4, 0.5) is 0 Å². The highest BCUT2D eigenvalue weighted by Gasteiger charge is 2.29. The fraction of sp³-hybridized carbons (Fsp3) is 0.818. The topological polar surface area (TPSA) is 45.4 Å². The van der Waals surface area contributed by atoms with E-state index in [2.05, 4.69) is 19.9 Å². The summed E-state index contributed by atoms with van der Waals surface area (Å²) in [7, 11) is 0. The van der Waals surface area contributed by atoms with Crippen molar-refractivity contribution in [2.75, 3.05) is 26.2 Å². The summed E-state index contributed by atoms with van der Waals surface area (Å²) in [5, 5.41) is 3.87. The minimum absolute atomic E-state index is 0.759. The highest BCUT2D eigenvalue weighted by atomic mass is 16.5. The fourth-order valence-electron chi connectivity index (χ4n) is 2.83. The molecule has 0 aliphatic carbocycles. The number of fused-ring (bicyclic) bond motifs is 1. The van der Waals surface area contributed by atoms with Crippen molar-refractivity contribution in [3.63, 3.8) is 0 Å². The van der Waals surface area contributed by atoms with Crippen LogP contribution in [-0.2, 0) is 6.54 Å². The second kappa shape index (κ2) is 4.51. The van der Waals surface area contributed by atoms with Crippen LogP contribution in [0, 0.1) is 0 Å². The molecule has 1 unspecified atom stereocenters. The second-order valence-electron chi connectivity index (χ2n) is 4.77. The van der Waals surface area contributed by atoms with Gasteiger partial charge in [-0.3, -0.25) is 9.80 Å². The van der Waals surface area contributed by atoms with E-state index in [1.54, 1.807) is 0 Å². The molecule has 1 atom stereocenters. The van der Waals surface area contributed by atoms with Crippen molar-refractivity contribution >= 4 is 0 Å².